The molecule has 1 aliphatic heterocycles. The van der Waals surface area contributed by atoms with Crippen molar-refractivity contribution in [1.29, 1.82) is 0 Å². The highest BCUT2D eigenvalue weighted by molar-refractivity contribution is 4.93. The molecule has 4 atom stereocenters. The average Bonchev–Trinajstić information content (AvgIpc) is 2.32. The Hall–Kier alpha value is -0.160. The Labute approximate surface area is 74.1 Å². The Morgan fingerprint density at radius 1 is 1.42 bits per heavy atom. The van der Waals surface area contributed by atoms with Gasteiger partial charge in [0.05, 0.1) is 18.4 Å². The van der Waals surface area contributed by atoms with E-state index in [1.807, 2.05) is 6.92 Å². The van der Waals surface area contributed by atoms with E-state index in [2.05, 4.69) is 17.6 Å². The first-order chi connectivity index (χ1) is 5.65. The van der Waals surface area contributed by atoms with Crippen LogP contribution in [0.5, 0.6) is 0 Å². The van der Waals surface area contributed by atoms with Crippen LogP contribution in [-0.4, -0.2) is 24.4 Å². The minimum atomic E-state index is 0.00144. The Kier molecular flexibility index (Phi) is 3.46. The average molecular weight is 172 g/mol. The molecule has 1 rings (SSSR count). The van der Waals surface area contributed by atoms with Gasteiger partial charge in [-0.1, -0.05) is 13.3 Å². The maximum absolute atomic E-state index is 5.85. The Balaban J connectivity index is 2.39. The van der Waals surface area contributed by atoms with Crippen molar-refractivity contribution in [2.75, 3.05) is 0 Å². The van der Waals surface area contributed by atoms with Crippen LogP contribution in [0.25, 0.3) is 0 Å². The fourth-order valence-corrected chi connectivity index (χ4v) is 1.65. The van der Waals surface area contributed by atoms with Gasteiger partial charge < -0.3 is 11.5 Å². The maximum atomic E-state index is 5.85. The molecule has 1 saturated heterocycles. The molecule has 0 amide bonds. The van der Waals surface area contributed by atoms with Gasteiger partial charge in [-0.2, -0.15) is 0 Å². The van der Waals surface area contributed by atoms with E-state index in [-0.39, 0.29) is 18.2 Å². The lowest BCUT2D eigenvalue weighted by Gasteiger charge is -2.18. The molecule has 0 radical (unpaired) electrons. The lowest BCUT2D eigenvalue weighted by atomic mass is 10.1. The van der Waals surface area contributed by atoms with Gasteiger partial charge in [-0.05, 0) is 13.3 Å². The van der Waals surface area contributed by atoms with Gasteiger partial charge in [-0.15, -0.1) is 0 Å². The highest BCUT2D eigenvalue weighted by Gasteiger charge is 2.31. The van der Waals surface area contributed by atoms with E-state index in [9.17, 15) is 0 Å². The summed E-state index contributed by atoms with van der Waals surface area (Å²) in [6.07, 6.45) is 2.61. The van der Waals surface area contributed by atoms with E-state index in [0.29, 0.717) is 6.17 Å². The third kappa shape index (κ3) is 2.17. The summed E-state index contributed by atoms with van der Waals surface area (Å²) in [5, 5.41) is 6.65. The van der Waals surface area contributed by atoms with Crippen LogP contribution in [0.1, 0.15) is 26.7 Å². The predicted molar refractivity (Wildman–Crippen MR) is 50.4 cm³/mol. The van der Waals surface area contributed by atoms with Crippen molar-refractivity contribution in [3.63, 3.8) is 0 Å². The quantitative estimate of drug-likeness (QED) is 0.454. The lowest BCUT2D eigenvalue weighted by molar-refractivity contribution is 0.445. The molecule has 4 nitrogen and oxygen atoms in total. The van der Waals surface area contributed by atoms with E-state index in [0.717, 1.165) is 12.8 Å². The summed E-state index contributed by atoms with van der Waals surface area (Å²) in [4.78, 5) is 0. The van der Waals surface area contributed by atoms with E-state index in [4.69, 9.17) is 11.5 Å². The zero-order valence-electron chi connectivity index (χ0n) is 7.88. The summed E-state index contributed by atoms with van der Waals surface area (Å²) < 4.78 is 0. The Bertz CT molecular complexity index is 137. The minimum Gasteiger partial charge on any atom is -0.326 e. The third-order valence-electron chi connectivity index (χ3n) is 2.32. The molecule has 72 valence electrons. The molecule has 0 saturated carbocycles. The largest absolute Gasteiger partial charge is 0.326 e. The van der Waals surface area contributed by atoms with Crippen LogP contribution in [0.2, 0.25) is 0 Å². The highest BCUT2D eigenvalue weighted by Crippen LogP contribution is 2.07. The normalized spacial score (nSPS) is 38.5. The third-order valence-corrected chi connectivity index (χ3v) is 2.32. The van der Waals surface area contributed by atoms with Crippen LogP contribution in [0.4, 0.5) is 0 Å². The molecule has 4 unspecified atom stereocenters. The van der Waals surface area contributed by atoms with Gasteiger partial charge in [-0.3, -0.25) is 10.6 Å². The number of hydrogen-bond donors (Lipinski definition) is 4. The first kappa shape index (κ1) is 9.92. The van der Waals surface area contributed by atoms with Crippen molar-refractivity contribution in [2.24, 2.45) is 11.5 Å². The van der Waals surface area contributed by atoms with E-state index >= 15 is 0 Å². The summed E-state index contributed by atoms with van der Waals surface area (Å²) in [6.45, 7) is 4.14. The fourth-order valence-electron chi connectivity index (χ4n) is 1.65. The maximum Gasteiger partial charge on any atom is 0.0732 e. The van der Waals surface area contributed by atoms with Crippen molar-refractivity contribution in [3.8, 4) is 0 Å². The molecule has 4 heteroatoms. The molecule has 1 heterocycles. The smallest absolute Gasteiger partial charge is 0.0732 e. The van der Waals surface area contributed by atoms with E-state index in [1.165, 1.54) is 0 Å². The van der Waals surface area contributed by atoms with Gasteiger partial charge in [-0.25, -0.2) is 0 Å². The Morgan fingerprint density at radius 3 is 2.50 bits per heavy atom. The van der Waals surface area contributed by atoms with E-state index in [1.54, 1.807) is 0 Å². The van der Waals surface area contributed by atoms with Gasteiger partial charge in [0.2, 0.25) is 0 Å². The number of hydrogen-bond acceptors (Lipinski definition) is 4. The SMILES string of the molecule is CCCC1NC(N)C(C(C)N)N1. The van der Waals surface area contributed by atoms with Crippen molar-refractivity contribution in [2.45, 2.75) is 51.1 Å². The van der Waals surface area contributed by atoms with Gasteiger partial charge in [0.1, 0.15) is 0 Å². The first-order valence-corrected chi connectivity index (χ1v) is 4.68. The van der Waals surface area contributed by atoms with Crippen LogP contribution in [-0.2, 0) is 0 Å². The van der Waals surface area contributed by atoms with Crippen LogP contribution in [0.3, 0.4) is 0 Å². The van der Waals surface area contributed by atoms with Crippen LogP contribution in [0.15, 0.2) is 0 Å². The van der Waals surface area contributed by atoms with E-state index < -0.39 is 0 Å². The van der Waals surface area contributed by atoms with Gasteiger partial charge in [0.15, 0.2) is 0 Å². The number of nitrogens with two attached hydrogens (primary N) is 2. The molecule has 1 fully saturated rings. The molecule has 1 aliphatic rings. The fraction of sp³-hybridized carbons (Fsp3) is 1.00. The first-order valence-electron chi connectivity index (χ1n) is 4.68. The standard InChI is InChI=1S/C8H20N4/c1-3-4-6-11-7(5(2)9)8(10)12-6/h5-8,11-12H,3-4,9-10H2,1-2H3. The minimum absolute atomic E-state index is 0.00144. The lowest BCUT2D eigenvalue weighted by Crippen LogP contribution is -2.50. The highest BCUT2D eigenvalue weighted by atomic mass is 15.3. The van der Waals surface area contributed by atoms with Crippen LogP contribution < -0.4 is 22.1 Å². The molecule has 0 aromatic carbocycles. The summed E-state index contributed by atoms with van der Waals surface area (Å²) in [5.41, 5.74) is 11.6. The number of rotatable bonds is 3. The van der Waals surface area contributed by atoms with Crippen LogP contribution >= 0.6 is 0 Å². The second-order valence-corrected chi connectivity index (χ2v) is 3.59. The summed E-state index contributed by atoms with van der Waals surface area (Å²) in [6, 6.07) is 0.316. The summed E-state index contributed by atoms with van der Waals surface area (Å²) in [7, 11) is 0. The molecular weight excluding hydrogens is 152 g/mol. The zero-order chi connectivity index (χ0) is 9.14. The van der Waals surface area contributed by atoms with Gasteiger partial charge >= 0.3 is 0 Å². The second-order valence-electron chi connectivity index (χ2n) is 3.59. The van der Waals surface area contributed by atoms with Crippen LogP contribution in [0, 0.1) is 0 Å². The predicted octanol–water partition coefficient (Wildman–Crippen LogP) is -0.694. The van der Waals surface area contributed by atoms with Crippen molar-refractivity contribution in [3.05, 3.63) is 0 Å². The van der Waals surface area contributed by atoms with Crippen molar-refractivity contribution < 1.29 is 0 Å². The van der Waals surface area contributed by atoms with Gasteiger partial charge in [0, 0.05) is 6.04 Å². The molecule has 0 aromatic rings. The molecule has 12 heavy (non-hydrogen) atoms. The van der Waals surface area contributed by atoms with Crippen molar-refractivity contribution >= 4 is 0 Å². The molecule has 0 aliphatic carbocycles. The summed E-state index contributed by atoms with van der Waals surface area (Å²) in [5.74, 6) is 0. The van der Waals surface area contributed by atoms with Gasteiger partial charge in [0.25, 0.3) is 0 Å². The number of nitrogens with one attached hydrogen (secondary N) is 2. The molecule has 6 N–H and O–H groups in total. The molecule has 0 bridgehead atoms. The topological polar surface area (TPSA) is 76.1 Å². The molecule has 0 spiro atoms. The summed E-state index contributed by atoms with van der Waals surface area (Å²) >= 11 is 0. The zero-order valence-corrected chi connectivity index (χ0v) is 7.88. The monoisotopic (exact) mass is 172 g/mol. The molecular formula is C8H20N4. The molecule has 0 aromatic heterocycles. The van der Waals surface area contributed by atoms with Crippen molar-refractivity contribution in [1.82, 2.24) is 10.6 Å². The second kappa shape index (κ2) is 4.18. The Morgan fingerprint density at radius 2 is 2.08 bits per heavy atom.